The van der Waals surface area contributed by atoms with Crippen LogP contribution in [-0.4, -0.2) is 34.2 Å². The maximum Gasteiger partial charge on any atom is 0.103 e. The van der Waals surface area contributed by atoms with E-state index in [1.54, 1.807) is 0 Å². The Morgan fingerprint density at radius 3 is 2.60 bits per heavy atom. The second kappa shape index (κ2) is 6.20. The summed E-state index contributed by atoms with van der Waals surface area (Å²) in [7, 11) is 2.07. The predicted molar refractivity (Wildman–Crippen MR) is 86.8 cm³/mol. The van der Waals surface area contributed by atoms with Crippen molar-refractivity contribution in [1.82, 2.24) is 4.90 Å². The molecule has 0 radical (unpaired) electrons. The number of aliphatic hydroxyl groups is 1. The van der Waals surface area contributed by atoms with Crippen LogP contribution in [0.5, 0.6) is 0 Å². The fraction of sp³-hybridized carbons (Fsp3) is 0.562. The van der Waals surface area contributed by atoms with Crippen LogP contribution in [0.1, 0.15) is 42.4 Å². The Balaban J connectivity index is 2.00. The van der Waals surface area contributed by atoms with Crippen molar-refractivity contribution in [3.63, 3.8) is 0 Å². The molecule has 1 aromatic carbocycles. The second-order valence-corrected chi connectivity index (χ2v) is 6.55. The average Bonchev–Trinajstić information content (AvgIpc) is 2.77. The third-order valence-electron chi connectivity index (χ3n) is 4.17. The second-order valence-electron chi connectivity index (χ2n) is 6.11. The van der Waals surface area contributed by atoms with E-state index in [-0.39, 0.29) is 0 Å². The highest BCUT2D eigenvalue weighted by Crippen LogP contribution is 2.30. The number of nitrogens with two attached hydrogens (primary N) is 1. The van der Waals surface area contributed by atoms with Crippen molar-refractivity contribution in [3.8, 4) is 0 Å². The minimum Gasteiger partial charge on any atom is -0.389 e. The van der Waals surface area contributed by atoms with Crippen LogP contribution in [0.2, 0.25) is 0 Å². The highest BCUT2D eigenvalue weighted by Gasteiger charge is 2.32. The summed E-state index contributed by atoms with van der Waals surface area (Å²) < 4.78 is 0. The first-order valence-corrected chi connectivity index (χ1v) is 7.61. The lowest BCUT2D eigenvalue weighted by molar-refractivity contribution is 0.0145. The third kappa shape index (κ3) is 3.78. The highest BCUT2D eigenvalue weighted by atomic mass is 32.1. The molecule has 3 N–H and O–H groups in total. The standard InChI is InChI=1S/C16H24N2OS/c1-12-9-13(15(17)20)5-6-14(12)10-18(2)11-16(19)7-3-4-8-16/h5-6,9,19H,3-4,7-8,10-11H2,1-2H3,(H2,17,20). The molecule has 0 heterocycles. The molecule has 0 atom stereocenters. The van der Waals surface area contributed by atoms with Gasteiger partial charge in [0, 0.05) is 18.7 Å². The summed E-state index contributed by atoms with van der Waals surface area (Å²) in [6, 6.07) is 6.09. The van der Waals surface area contributed by atoms with E-state index in [0.717, 1.165) is 44.3 Å². The Kier molecular flexibility index (Phi) is 4.78. The van der Waals surface area contributed by atoms with Gasteiger partial charge >= 0.3 is 0 Å². The van der Waals surface area contributed by atoms with Crippen molar-refractivity contribution in [1.29, 1.82) is 0 Å². The first-order chi connectivity index (χ1) is 9.39. The number of thiocarbonyl (C=S) groups is 1. The zero-order valence-electron chi connectivity index (χ0n) is 12.4. The summed E-state index contributed by atoms with van der Waals surface area (Å²) in [4.78, 5) is 2.64. The average molecular weight is 292 g/mol. The van der Waals surface area contributed by atoms with Gasteiger partial charge in [-0.1, -0.05) is 37.2 Å². The number of benzene rings is 1. The van der Waals surface area contributed by atoms with E-state index in [4.69, 9.17) is 18.0 Å². The van der Waals surface area contributed by atoms with Crippen LogP contribution < -0.4 is 5.73 Å². The number of nitrogens with zero attached hydrogens (tertiary/aromatic N) is 1. The Labute approximate surface area is 126 Å². The van der Waals surface area contributed by atoms with Gasteiger partial charge in [0.2, 0.25) is 0 Å². The fourth-order valence-electron chi connectivity index (χ4n) is 3.07. The maximum absolute atomic E-state index is 10.5. The lowest BCUT2D eigenvalue weighted by atomic mass is 10.0. The molecule has 20 heavy (non-hydrogen) atoms. The highest BCUT2D eigenvalue weighted by molar-refractivity contribution is 7.80. The Bertz CT molecular complexity index is 495. The zero-order chi connectivity index (χ0) is 14.8. The number of aryl methyl sites for hydroxylation is 1. The molecule has 0 bridgehead atoms. The molecule has 1 fully saturated rings. The summed E-state index contributed by atoms with van der Waals surface area (Å²) in [5.41, 5.74) is 8.53. The van der Waals surface area contributed by atoms with Gasteiger partial charge in [0.15, 0.2) is 0 Å². The number of likely N-dealkylation sites (N-methyl/N-ethyl adjacent to an activating group) is 1. The molecule has 1 aliphatic rings. The Morgan fingerprint density at radius 2 is 2.05 bits per heavy atom. The number of hydrogen-bond acceptors (Lipinski definition) is 3. The van der Waals surface area contributed by atoms with Gasteiger partial charge in [0.05, 0.1) is 5.60 Å². The zero-order valence-corrected chi connectivity index (χ0v) is 13.2. The van der Waals surface area contributed by atoms with Crippen molar-refractivity contribution in [3.05, 3.63) is 34.9 Å². The lowest BCUT2D eigenvalue weighted by Gasteiger charge is -2.29. The molecule has 1 aliphatic carbocycles. The van der Waals surface area contributed by atoms with Crippen molar-refractivity contribution in [2.24, 2.45) is 5.73 Å². The Hall–Kier alpha value is -0.970. The van der Waals surface area contributed by atoms with Gasteiger partial charge in [0.25, 0.3) is 0 Å². The molecule has 3 nitrogen and oxygen atoms in total. The van der Waals surface area contributed by atoms with Crippen LogP contribution in [0, 0.1) is 6.92 Å². The summed E-state index contributed by atoms with van der Waals surface area (Å²) in [5, 5.41) is 10.5. The molecule has 0 aromatic heterocycles. The van der Waals surface area contributed by atoms with E-state index in [1.807, 2.05) is 12.1 Å². The molecule has 0 aliphatic heterocycles. The Morgan fingerprint density at radius 1 is 1.40 bits per heavy atom. The fourth-order valence-corrected chi connectivity index (χ4v) is 3.19. The topological polar surface area (TPSA) is 49.5 Å². The van der Waals surface area contributed by atoms with E-state index in [0.29, 0.717) is 4.99 Å². The van der Waals surface area contributed by atoms with Gasteiger partial charge in [-0.3, -0.25) is 4.90 Å². The molecule has 4 heteroatoms. The molecule has 1 aromatic rings. The first kappa shape index (κ1) is 15.4. The first-order valence-electron chi connectivity index (χ1n) is 7.20. The van der Waals surface area contributed by atoms with Crippen LogP contribution in [0.25, 0.3) is 0 Å². The van der Waals surface area contributed by atoms with E-state index in [2.05, 4.69) is 24.9 Å². The molecule has 0 amide bonds. The summed E-state index contributed by atoms with van der Waals surface area (Å²) in [5.74, 6) is 0. The normalized spacial score (nSPS) is 17.6. The van der Waals surface area contributed by atoms with E-state index >= 15 is 0 Å². The van der Waals surface area contributed by atoms with Gasteiger partial charge in [0.1, 0.15) is 4.99 Å². The number of rotatable bonds is 5. The molecule has 2 rings (SSSR count). The van der Waals surface area contributed by atoms with E-state index in [9.17, 15) is 5.11 Å². The molecular weight excluding hydrogens is 268 g/mol. The van der Waals surface area contributed by atoms with Crippen molar-refractivity contribution < 1.29 is 5.11 Å². The van der Waals surface area contributed by atoms with Gasteiger partial charge < -0.3 is 10.8 Å². The van der Waals surface area contributed by atoms with Crippen LogP contribution in [0.15, 0.2) is 18.2 Å². The molecule has 0 unspecified atom stereocenters. The van der Waals surface area contributed by atoms with E-state index in [1.165, 1.54) is 11.1 Å². The smallest absolute Gasteiger partial charge is 0.103 e. The number of hydrogen-bond donors (Lipinski definition) is 2. The van der Waals surface area contributed by atoms with Crippen molar-refractivity contribution in [2.45, 2.75) is 44.8 Å². The third-order valence-corrected chi connectivity index (χ3v) is 4.40. The van der Waals surface area contributed by atoms with Crippen LogP contribution in [0.3, 0.4) is 0 Å². The molecule has 110 valence electrons. The van der Waals surface area contributed by atoms with Crippen molar-refractivity contribution >= 4 is 17.2 Å². The van der Waals surface area contributed by atoms with Crippen LogP contribution >= 0.6 is 12.2 Å². The largest absolute Gasteiger partial charge is 0.389 e. The molecule has 0 saturated heterocycles. The monoisotopic (exact) mass is 292 g/mol. The molecule has 0 spiro atoms. The predicted octanol–water partition coefficient (Wildman–Crippen LogP) is 2.37. The van der Waals surface area contributed by atoms with Gasteiger partial charge in [-0.05, 0) is 44.0 Å². The minimum atomic E-state index is -0.485. The van der Waals surface area contributed by atoms with Gasteiger partial charge in [-0.25, -0.2) is 0 Å². The molecule has 1 saturated carbocycles. The van der Waals surface area contributed by atoms with Gasteiger partial charge in [-0.2, -0.15) is 0 Å². The van der Waals surface area contributed by atoms with Gasteiger partial charge in [-0.15, -0.1) is 0 Å². The summed E-state index contributed by atoms with van der Waals surface area (Å²) in [6.45, 7) is 3.66. The van der Waals surface area contributed by atoms with Crippen LogP contribution in [0.4, 0.5) is 0 Å². The maximum atomic E-state index is 10.5. The van der Waals surface area contributed by atoms with Crippen LogP contribution in [-0.2, 0) is 6.54 Å². The quantitative estimate of drug-likeness (QED) is 0.818. The SMILES string of the molecule is Cc1cc(C(N)=S)ccc1CN(C)CC1(O)CCCC1. The van der Waals surface area contributed by atoms with E-state index < -0.39 is 5.60 Å². The van der Waals surface area contributed by atoms with Crippen molar-refractivity contribution in [2.75, 3.05) is 13.6 Å². The minimum absolute atomic E-state index is 0.438. The molecular formula is C16H24N2OS. The summed E-state index contributed by atoms with van der Waals surface area (Å²) >= 11 is 5.00. The summed E-state index contributed by atoms with van der Waals surface area (Å²) in [6.07, 6.45) is 4.14. The lowest BCUT2D eigenvalue weighted by Crippen LogP contribution is -2.38.